The third kappa shape index (κ3) is 3.90. The highest BCUT2D eigenvalue weighted by Gasteiger charge is 2.30. The van der Waals surface area contributed by atoms with Gasteiger partial charge in [-0.1, -0.05) is 54.6 Å². The van der Waals surface area contributed by atoms with E-state index in [0.717, 1.165) is 28.3 Å². The largest absolute Gasteiger partial charge is 0.504 e. The number of aromatic hydroxyl groups is 3. The highest BCUT2D eigenvalue weighted by atomic mass is 16.5. The molecule has 8 heteroatoms. The zero-order valence-corrected chi connectivity index (χ0v) is 16.9. The van der Waals surface area contributed by atoms with Crippen molar-refractivity contribution in [1.82, 2.24) is 5.32 Å². The fourth-order valence-electron chi connectivity index (χ4n) is 3.98. The molecule has 32 heavy (non-hydrogen) atoms. The van der Waals surface area contributed by atoms with E-state index in [1.54, 1.807) is 0 Å². The molecule has 0 saturated carbocycles. The predicted octanol–water partition coefficient (Wildman–Crippen LogP) is 3.34. The Morgan fingerprint density at radius 3 is 2.06 bits per heavy atom. The summed E-state index contributed by atoms with van der Waals surface area (Å²) in [6, 6.07) is 16.6. The van der Waals surface area contributed by atoms with Crippen LogP contribution in [0, 0.1) is 0 Å². The molecule has 1 amide bonds. The Balaban J connectivity index is 1.45. The highest BCUT2D eigenvalue weighted by Crippen LogP contribution is 2.44. The number of nitrogens with one attached hydrogen (secondary N) is 1. The summed E-state index contributed by atoms with van der Waals surface area (Å²) in [6.07, 6.45) is -1.24. The van der Waals surface area contributed by atoms with Gasteiger partial charge in [-0.2, -0.15) is 0 Å². The van der Waals surface area contributed by atoms with Crippen LogP contribution in [0.3, 0.4) is 0 Å². The molecule has 1 unspecified atom stereocenters. The van der Waals surface area contributed by atoms with Crippen molar-refractivity contribution in [2.75, 3.05) is 6.61 Å². The number of carboxylic acid groups (broad SMARTS) is 1. The average Bonchev–Trinajstić information content (AvgIpc) is 3.11. The number of benzene rings is 3. The number of phenolic OH excluding ortho intramolecular Hbond substituents is 3. The number of phenols is 3. The van der Waals surface area contributed by atoms with Crippen molar-refractivity contribution in [3.8, 4) is 28.4 Å². The minimum atomic E-state index is -1.42. The van der Waals surface area contributed by atoms with E-state index in [2.05, 4.69) is 5.32 Å². The Bertz CT molecular complexity index is 1150. The topological polar surface area (TPSA) is 136 Å². The molecule has 164 valence electrons. The summed E-state index contributed by atoms with van der Waals surface area (Å²) in [4.78, 5) is 24.0. The number of fused-ring (bicyclic) bond motifs is 3. The zero-order valence-electron chi connectivity index (χ0n) is 16.9. The second-order valence-corrected chi connectivity index (χ2v) is 7.51. The monoisotopic (exact) mass is 435 g/mol. The van der Waals surface area contributed by atoms with E-state index < -0.39 is 35.4 Å². The van der Waals surface area contributed by atoms with Gasteiger partial charge in [-0.3, -0.25) is 0 Å². The quantitative estimate of drug-likeness (QED) is 0.375. The Labute approximate surface area is 183 Å². The van der Waals surface area contributed by atoms with Gasteiger partial charge in [0.25, 0.3) is 0 Å². The minimum absolute atomic E-state index is 0.0252. The summed E-state index contributed by atoms with van der Waals surface area (Å²) in [5, 5.41) is 40.7. The lowest BCUT2D eigenvalue weighted by atomic mass is 9.98. The smallest absolute Gasteiger partial charge is 0.407 e. The molecule has 0 heterocycles. The van der Waals surface area contributed by atoms with Gasteiger partial charge in [0.2, 0.25) is 5.75 Å². The Morgan fingerprint density at radius 2 is 1.47 bits per heavy atom. The number of hydrogen-bond donors (Lipinski definition) is 5. The van der Waals surface area contributed by atoms with Crippen molar-refractivity contribution in [3.05, 3.63) is 77.4 Å². The fraction of sp³-hybridized carbons (Fsp3) is 0.167. The lowest BCUT2D eigenvalue weighted by Gasteiger charge is -2.18. The van der Waals surface area contributed by atoms with Crippen molar-refractivity contribution >= 4 is 12.1 Å². The minimum Gasteiger partial charge on any atom is -0.504 e. The first-order valence-electron chi connectivity index (χ1n) is 9.94. The number of carbonyl (C=O) groups excluding carboxylic acids is 1. The molecule has 3 aromatic rings. The third-order valence-electron chi connectivity index (χ3n) is 5.57. The van der Waals surface area contributed by atoms with Crippen molar-refractivity contribution in [2.45, 2.75) is 18.4 Å². The molecule has 4 rings (SSSR count). The maximum Gasteiger partial charge on any atom is 0.407 e. The van der Waals surface area contributed by atoms with Gasteiger partial charge in [0, 0.05) is 17.9 Å². The van der Waals surface area contributed by atoms with Crippen LogP contribution >= 0.6 is 0 Å². The standard InChI is InChI=1S/C24H21NO7/c26-20-10-9-13(21(27)22(20)28)11-19(23(29)30)25-24(31)32-12-18-16-7-3-1-5-14(16)15-6-2-4-8-17(15)18/h1-10,18-19,26-28H,11-12H2,(H,25,31)(H,29,30). The Hall–Kier alpha value is -4.20. The molecule has 0 radical (unpaired) electrons. The van der Waals surface area contributed by atoms with E-state index in [-0.39, 0.29) is 24.5 Å². The number of amides is 1. The molecule has 1 aliphatic carbocycles. The molecule has 1 aliphatic rings. The summed E-state index contributed by atoms with van der Waals surface area (Å²) >= 11 is 0. The van der Waals surface area contributed by atoms with E-state index in [4.69, 9.17) is 4.74 Å². The van der Waals surface area contributed by atoms with Crippen LogP contribution in [-0.2, 0) is 16.0 Å². The molecule has 0 aliphatic heterocycles. The number of carbonyl (C=O) groups is 2. The molecular formula is C24H21NO7. The van der Waals surface area contributed by atoms with Crippen LogP contribution in [0.15, 0.2) is 60.7 Å². The van der Waals surface area contributed by atoms with Crippen molar-refractivity contribution < 1.29 is 34.8 Å². The third-order valence-corrected chi connectivity index (χ3v) is 5.57. The predicted molar refractivity (Wildman–Crippen MR) is 115 cm³/mol. The normalized spacial score (nSPS) is 13.1. The van der Waals surface area contributed by atoms with Crippen LogP contribution in [0.4, 0.5) is 4.79 Å². The van der Waals surface area contributed by atoms with E-state index in [1.165, 1.54) is 6.07 Å². The molecule has 3 aromatic carbocycles. The second kappa shape index (κ2) is 8.50. The summed E-state index contributed by atoms with van der Waals surface area (Å²) in [6.45, 7) is 0.0252. The maximum atomic E-state index is 12.4. The maximum absolute atomic E-state index is 12.4. The highest BCUT2D eigenvalue weighted by molar-refractivity contribution is 5.81. The Morgan fingerprint density at radius 1 is 0.875 bits per heavy atom. The number of alkyl carbamates (subject to hydrolysis) is 1. The van der Waals surface area contributed by atoms with Gasteiger partial charge in [0.15, 0.2) is 11.5 Å². The summed E-state index contributed by atoms with van der Waals surface area (Å²) in [7, 11) is 0. The molecule has 1 atom stereocenters. The SMILES string of the molecule is O=C(NC(Cc1ccc(O)c(O)c1O)C(=O)O)OCC1c2ccccc2-c2ccccc21. The molecule has 0 aromatic heterocycles. The first kappa shape index (κ1) is 21.0. The van der Waals surface area contributed by atoms with Gasteiger partial charge in [0.1, 0.15) is 12.6 Å². The van der Waals surface area contributed by atoms with E-state index >= 15 is 0 Å². The number of rotatable bonds is 6. The summed E-state index contributed by atoms with van der Waals surface area (Å²) in [5.41, 5.74) is 4.25. The van der Waals surface area contributed by atoms with E-state index in [0.29, 0.717) is 0 Å². The van der Waals surface area contributed by atoms with Crippen LogP contribution in [0.2, 0.25) is 0 Å². The van der Waals surface area contributed by atoms with E-state index in [1.807, 2.05) is 48.5 Å². The fourth-order valence-corrected chi connectivity index (χ4v) is 3.98. The van der Waals surface area contributed by atoms with Gasteiger partial charge in [0.05, 0.1) is 0 Å². The molecule has 5 N–H and O–H groups in total. The van der Waals surface area contributed by atoms with Crippen molar-refractivity contribution in [2.24, 2.45) is 0 Å². The molecule has 0 bridgehead atoms. The first-order chi connectivity index (χ1) is 15.4. The zero-order chi connectivity index (χ0) is 22.8. The Kier molecular flexibility index (Phi) is 5.59. The number of aliphatic carboxylic acids is 1. The number of ether oxygens (including phenoxy) is 1. The lowest BCUT2D eigenvalue weighted by molar-refractivity contribution is -0.139. The molecule has 0 spiro atoms. The molecular weight excluding hydrogens is 414 g/mol. The average molecular weight is 435 g/mol. The van der Waals surface area contributed by atoms with E-state index in [9.17, 15) is 30.0 Å². The van der Waals surface area contributed by atoms with Gasteiger partial charge >= 0.3 is 12.1 Å². The lowest BCUT2D eigenvalue weighted by Crippen LogP contribution is -2.42. The number of carboxylic acids is 1. The van der Waals surface area contributed by atoms with Gasteiger partial charge in [-0.15, -0.1) is 0 Å². The van der Waals surface area contributed by atoms with Gasteiger partial charge < -0.3 is 30.5 Å². The summed E-state index contributed by atoms with van der Waals surface area (Å²) in [5.74, 6) is -3.46. The van der Waals surface area contributed by atoms with Crippen LogP contribution in [0.25, 0.3) is 11.1 Å². The van der Waals surface area contributed by atoms with Crippen molar-refractivity contribution in [1.29, 1.82) is 0 Å². The van der Waals surface area contributed by atoms with Crippen LogP contribution in [0.1, 0.15) is 22.6 Å². The molecule has 0 fully saturated rings. The molecule has 8 nitrogen and oxygen atoms in total. The second-order valence-electron chi connectivity index (χ2n) is 7.51. The van der Waals surface area contributed by atoms with Gasteiger partial charge in [-0.05, 0) is 28.3 Å². The van der Waals surface area contributed by atoms with Crippen LogP contribution < -0.4 is 5.32 Å². The van der Waals surface area contributed by atoms with Crippen molar-refractivity contribution in [3.63, 3.8) is 0 Å². The molecule has 0 saturated heterocycles. The summed E-state index contributed by atoms with van der Waals surface area (Å²) < 4.78 is 5.37. The first-order valence-corrected chi connectivity index (χ1v) is 9.94. The van der Waals surface area contributed by atoms with Gasteiger partial charge in [-0.25, -0.2) is 9.59 Å². The van der Waals surface area contributed by atoms with Crippen LogP contribution in [0.5, 0.6) is 17.2 Å². The van der Waals surface area contributed by atoms with Crippen LogP contribution in [-0.4, -0.2) is 45.1 Å². The number of hydrogen-bond acceptors (Lipinski definition) is 6.